The van der Waals surface area contributed by atoms with Crippen molar-refractivity contribution >= 4 is 5.91 Å². The molecule has 1 aromatic heterocycles. The number of carbonyl (C=O) groups is 1. The lowest BCUT2D eigenvalue weighted by atomic mass is 9.73. The normalized spacial score (nSPS) is 23.5. The minimum Gasteiger partial charge on any atom is -0.424 e. The van der Waals surface area contributed by atoms with E-state index in [-0.39, 0.29) is 5.41 Å². The third kappa shape index (κ3) is 4.43. The molecule has 4 rings (SSSR count). The minimum absolute atomic E-state index is 0.205. The number of rotatable bonds is 6. The molecule has 0 saturated carbocycles. The first-order chi connectivity index (χ1) is 13.7. The average molecular weight is 383 g/mol. The fourth-order valence-corrected chi connectivity index (χ4v) is 4.68. The Morgan fingerprint density at radius 1 is 1.11 bits per heavy atom. The van der Waals surface area contributed by atoms with E-state index >= 15 is 0 Å². The molecule has 1 atom stereocenters. The van der Waals surface area contributed by atoms with Gasteiger partial charge in [0, 0.05) is 37.9 Å². The summed E-state index contributed by atoms with van der Waals surface area (Å²) in [5.41, 5.74) is 1.50. The molecule has 2 aromatic rings. The van der Waals surface area contributed by atoms with Crippen molar-refractivity contribution in [2.45, 2.75) is 52.0 Å². The van der Waals surface area contributed by atoms with Gasteiger partial charge in [0.15, 0.2) is 0 Å². The first-order valence-electron chi connectivity index (χ1n) is 10.5. The third-order valence-electron chi connectivity index (χ3n) is 6.17. The molecule has 1 spiro atoms. The van der Waals surface area contributed by atoms with E-state index in [1.807, 2.05) is 13.0 Å². The molecule has 0 unspecified atom stereocenters. The van der Waals surface area contributed by atoms with Gasteiger partial charge < -0.3 is 9.32 Å². The summed E-state index contributed by atoms with van der Waals surface area (Å²) in [6, 6.07) is 10.4. The molecule has 6 heteroatoms. The zero-order chi connectivity index (χ0) is 19.4. The van der Waals surface area contributed by atoms with E-state index in [9.17, 15) is 4.79 Å². The van der Waals surface area contributed by atoms with E-state index in [2.05, 4.69) is 44.3 Å². The Morgan fingerprint density at radius 3 is 2.71 bits per heavy atom. The minimum atomic E-state index is 0.205. The second-order valence-corrected chi connectivity index (χ2v) is 8.31. The average Bonchev–Trinajstić information content (AvgIpc) is 3.17. The molecule has 0 N–H and O–H groups in total. The molecule has 28 heavy (non-hydrogen) atoms. The molecular weight excluding hydrogens is 352 g/mol. The van der Waals surface area contributed by atoms with Crippen LogP contribution in [0.15, 0.2) is 34.7 Å². The van der Waals surface area contributed by atoms with Crippen molar-refractivity contribution in [2.75, 3.05) is 26.2 Å². The van der Waals surface area contributed by atoms with Crippen molar-refractivity contribution in [2.24, 2.45) is 5.41 Å². The van der Waals surface area contributed by atoms with Crippen LogP contribution in [0.1, 0.15) is 50.0 Å². The maximum atomic E-state index is 12.5. The van der Waals surface area contributed by atoms with Crippen LogP contribution in [0, 0.1) is 5.41 Å². The van der Waals surface area contributed by atoms with Crippen LogP contribution in [0.5, 0.6) is 0 Å². The molecule has 0 aliphatic carbocycles. The van der Waals surface area contributed by atoms with Crippen molar-refractivity contribution in [3.63, 3.8) is 0 Å². The first kappa shape index (κ1) is 19.1. The molecule has 150 valence electrons. The number of likely N-dealkylation sites (tertiary alicyclic amines) is 2. The Hall–Kier alpha value is -2.21. The first-order valence-corrected chi connectivity index (χ1v) is 10.5. The highest BCUT2D eigenvalue weighted by Crippen LogP contribution is 2.39. The van der Waals surface area contributed by atoms with Gasteiger partial charge in [-0.1, -0.05) is 37.3 Å². The number of amides is 1. The van der Waals surface area contributed by atoms with Crippen molar-refractivity contribution < 1.29 is 9.21 Å². The van der Waals surface area contributed by atoms with E-state index in [1.165, 1.54) is 12.0 Å². The Bertz CT molecular complexity index is 791. The van der Waals surface area contributed by atoms with E-state index in [1.54, 1.807) is 0 Å². The van der Waals surface area contributed by atoms with Crippen LogP contribution in [0.3, 0.4) is 0 Å². The lowest BCUT2D eigenvalue weighted by molar-refractivity contribution is -0.139. The molecule has 1 aromatic carbocycles. The predicted octanol–water partition coefficient (Wildman–Crippen LogP) is 3.08. The van der Waals surface area contributed by atoms with Crippen molar-refractivity contribution in [3.8, 4) is 0 Å². The van der Waals surface area contributed by atoms with Crippen LogP contribution in [0.2, 0.25) is 0 Å². The SMILES string of the molecule is CCc1nnc(CN2CCC[C@@]3(CCC(=O)N(CCc4ccccc4)C3)C2)o1. The van der Waals surface area contributed by atoms with Crippen LogP contribution in [-0.4, -0.2) is 52.1 Å². The van der Waals surface area contributed by atoms with Crippen LogP contribution in [0.25, 0.3) is 0 Å². The van der Waals surface area contributed by atoms with Crippen LogP contribution >= 0.6 is 0 Å². The third-order valence-corrected chi connectivity index (χ3v) is 6.17. The number of hydrogen-bond donors (Lipinski definition) is 0. The highest BCUT2D eigenvalue weighted by molar-refractivity contribution is 5.77. The quantitative estimate of drug-likeness (QED) is 0.768. The van der Waals surface area contributed by atoms with E-state index in [0.717, 1.165) is 51.9 Å². The van der Waals surface area contributed by atoms with Gasteiger partial charge >= 0.3 is 0 Å². The molecule has 2 saturated heterocycles. The van der Waals surface area contributed by atoms with Gasteiger partial charge in [-0.15, -0.1) is 10.2 Å². The summed E-state index contributed by atoms with van der Waals surface area (Å²) in [5.74, 6) is 1.72. The monoisotopic (exact) mass is 382 g/mol. The molecule has 0 radical (unpaired) electrons. The number of nitrogens with zero attached hydrogens (tertiary/aromatic N) is 4. The second kappa shape index (κ2) is 8.43. The Labute approximate surface area is 166 Å². The van der Waals surface area contributed by atoms with Crippen molar-refractivity contribution in [1.29, 1.82) is 0 Å². The van der Waals surface area contributed by atoms with Gasteiger partial charge in [0.2, 0.25) is 17.7 Å². The summed E-state index contributed by atoms with van der Waals surface area (Å²) in [6.07, 6.45) is 5.72. The van der Waals surface area contributed by atoms with Gasteiger partial charge in [-0.25, -0.2) is 0 Å². The van der Waals surface area contributed by atoms with Crippen LogP contribution in [-0.2, 0) is 24.2 Å². The summed E-state index contributed by atoms with van der Waals surface area (Å²) in [7, 11) is 0. The number of aromatic nitrogens is 2. The number of piperidine rings is 2. The molecule has 3 heterocycles. The maximum absolute atomic E-state index is 12.5. The largest absolute Gasteiger partial charge is 0.424 e. The number of aryl methyl sites for hydroxylation is 1. The zero-order valence-electron chi connectivity index (χ0n) is 16.8. The smallest absolute Gasteiger partial charge is 0.230 e. The summed E-state index contributed by atoms with van der Waals surface area (Å²) in [6.45, 7) is 6.49. The predicted molar refractivity (Wildman–Crippen MR) is 107 cm³/mol. The molecular formula is C22H30N4O2. The molecule has 6 nitrogen and oxygen atoms in total. The fourth-order valence-electron chi connectivity index (χ4n) is 4.68. The van der Waals surface area contributed by atoms with Crippen molar-refractivity contribution in [1.82, 2.24) is 20.0 Å². The molecule has 2 aliphatic heterocycles. The van der Waals surface area contributed by atoms with Gasteiger partial charge in [-0.3, -0.25) is 9.69 Å². The van der Waals surface area contributed by atoms with E-state index in [0.29, 0.717) is 30.7 Å². The standard InChI is InChI=1S/C22H30N4O2/c1-2-19-23-24-20(28-19)15-25-13-6-11-22(16-25)12-9-21(27)26(17-22)14-10-18-7-4-3-5-8-18/h3-5,7-8H,2,6,9-17H2,1H3/t22-/m1/s1. The lowest BCUT2D eigenvalue weighted by Gasteiger charge is -2.48. The number of hydrogen-bond acceptors (Lipinski definition) is 5. The Balaban J connectivity index is 1.37. The van der Waals surface area contributed by atoms with Gasteiger partial charge in [-0.2, -0.15) is 0 Å². The summed E-state index contributed by atoms with van der Waals surface area (Å²) in [4.78, 5) is 17.1. The maximum Gasteiger partial charge on any atom is 0.230 e. The molecule has 0 bridgehead atoms. The van der Waals surface area contributed by atoms with Crippen LogP contribution in [0.4, 0.5) is 0 Å². The Kier molecular flexibility index (Phi) is 5.76. The topological polar surface area (TPSA) is 62.5 Å². The highest BCUT2D eigenvalue weighted by Gasteiger charge is 2.41. The van der Waals surface area contributed by atoms with Gasteiger partial charge in [0.25, 0.3) is 0 Å². The fraction of sp³-hybridized carbons (Fsp3) is 0.591. The zero-order valence-corrected chi connectivity index (χ0v) is 16.8. The van der Waals surface area contributed by atoms with E-state index in [4.69, 9.17) is 4.42 Å². The lowest BCUT2D eigenvalue weighted by Crippen LogP contribution is -2.54. The summed E-state index contributed by atoms with van der Waals surface area (Å²) in [5, 5.41) is 8.26. The van der Waals surface area contributed by atoms with Gasteiger partial charge in [-0.05, 0) is 37.8 Å². The summed E-state index contributed by atoms with van der Waals surface area (Å²) >= 11 is 0. The van der Waals surface area contributed by atoms with Gasteiger partial charge in [0.1, 0.15) is 0 Å². The second-order valence-electron chi connectivity index (χ2n) is 8.31. The van der Waals surface area contributed by atoms with E-state index < -0.39 is 0 Å². The molecule has 1 amide bonds. The number of benzene rings is 1. The molecule has 2 fully saturated rings. The molecule has 2 aliphatic rings. The number of carbonyl (C=O) groups excluding carboxylic acids is 1. The van der Waals surface area contributed by atoms with Gasteiger partial charge in [0.05, 0.1) is 6.54 Å². The van der Waals surface area contributed by atoms with Crippen LogP contribution < -0.4 is 0 Å². The van der Waals surface area contributed by atoms with Crippen molar-refractivity contribution in [3.05, 3.63) is 47.7 Å². The Morgan fingerprint density at radius 2 is 1.93 bits per heavy atom. The summed E-state index contributed by atoms with van der Waals surface area (Å²) < 4.78 is 5.71. The highest BCUT2D eigenvalue weighted by atomic mass is 16.4.